The molecule has 8 heteroatoms. The van der Waals surface area contributed by atoms with Crippen LogP contribution in [0, 0.1) is 11.7 Å². The fraction of sp³-hybridized carbons (Fsp3) is 0.222. The largest absolute Gasteiger partial charge is 0.445 e. The minimum Gasteiger partial charge on any atom is -0.445 e. The Bertz CT molecular complexity index is 1430. The molecule has 1 saturated carbocycles. The molecule has 3 aromatic carbocycles. The van der Waals surface area contributed by atoms with Gasteiger partial charge in [-0.25, -0.2) is 19.2 Å². The highest BCUT2D eigenvalue weighted by molar-refractivity contribution is 6.31. The molecular formula is C27H22ClFN4O2. The molecule has 0 bridgehead atoms. The van der Waals surface area contributed by atoms with Crippen LogP contribution in [0.4, 0.5) is 20.7 Å². The van der Waals surface area contributed by atoms with Gasteiger partial charge in [-0.05, 0) is 47.7 Å². The Labute approximate surface area is 206 Å². The standard InChI is InChI=1S/C27H22ClFN4O2/c28-21-7-4-8-23(24(21)29)32-25-20-11-18(9-10-22(20)30-16-31-25)27-12-19(27)13-33(15-27)26(34)35-14-17-5-2-1-3-6-17/h1-11,16,19H,12-15H2,(H,30,31,32)/t19-,27+/m0/s1. The molecular weight excluding hydrogens is 467 g/mol. The maximum Gasteiger partial charge on any atom is 0.410 e. The van der Waals surface area contributed by atoms with Gasteiger partial charge in [-0.2, -0.15) is 0 Å². The number of rotatable bonds is 5. The van der Waals surface area contributed by atoms with E-state index in [1.807, 2.05) is 36.4 Å². The molecule has 0 spiro atoms. The molecule has 35 heavy (non-hydrogen) atoms. The number of piperidine rings is 1. The summed E-state index contributed by atoms with van der Waals surface area (Å²) in [6, 6.07) is 20.5. The van der Waals surface area contributed by atoms with Crippen LogP contribution < -0.4 is 5.32 Å². The van der Waals surface area contributed by atoms with Crippen LogP contribution in [0.15, 0.2) is 73.1 Å². The zero-order valence-electron chi connectivity index (χ0n) is 18.7. The zero-order chi connectivity index (χ0) is 24.0. The van der Waals surface area contributed by atoms with Gasteiger partial charge in [0.1, 0.15) is 18.8 Å². The van der Waals surface area contributed by atoms with Gasteiger partial charge in [0.2, 0.25) is 0 Å². The second kappa shape index (κ2) is 8.50. The van der Waals surface area contributed by atoms with Gasteiger partial charge in [-0.15, -0.1) is 0 Å². The number of hydrogen-bond acceptors (Lipinski definition) is 5. The summed E-state index contributed by atoms with van der Waals surface area (Å²) < 4.78 is 20.0. The molecule has 2 atom stereocenters. The molecule has 1 aliphatic heterocycles. The number of aromatic nitrogens is 2. The second-order valence-corrected chi connectivity index (χ2v) is 9.57. The Balaban J connectivity index is 1.23. The molecule has 0 radical (unpaired) electrons. The summed E-state index contributed by atoms with van der Waals surface area (Å²) in [5.74, 6) is 0.359. The third-order valence-corrected chi connectivity index (χ3v) is 7.32. The van der Waals surface area contributed by atoms with Crippen LogP contribution >= 0.6 is 11.6 Å². The molecule has 1 N–H and O–H groups in total. The van der Waals surface area contributed by atoms with Crippen molar-refractivity contribution in [1.82, 2.24) is 14.9 Å². The fourth-order valence-corrected chi connectivity index (χ4v) is 5.25. The lowest BCUT2D eigenvalue weighted by molar-refractivity contribution is 0.0997. The smallest absolute Gasteiger partial charge is 0.410 e. The highest BCUT2D eigenvalue weighted by Gasteiger charge is 2.62. The number of amides is 1. The monoisotopic (exact) mass is 488 g/mol. The third kappa shape index (κ3) is 3.96. The molecule has 4 aromatic rings. The first-order chi connectivity index (χ1) is 17.0. The maximum atomic E-state index is 14.5. The lowest BCUT2D eigenvalue weighted by atomic mass is 9.93. The first-order valence-electron chi connectivity index (χ1n) is 11.5. The number of carbonyl (C=O) groups is 1. The van der Waals surface area contributed by atoms with Gasteiger partial charge in [-0.1, -0.05) is 54.1 Å². The molecule has 1 amide bonds. The van der Waals surface area contributed by atoms with E-state index < -0.39 is 5.82 Å². The van der Waals surface area contributed by atoms with Crippen molar-refractivity contribution in [3.05, 3.63) is 95.0 Å². The predicted molar refractivity (Wildman–Crippen MR) is 132 cm³/mol. The summed E-state index contributed by atoms with van der Waals surface area (Å²) in [6.07, 6.45) is 2.18. The second-order valence-electron chi connectivity index (χ2n) is 9.16. The van der Waals surface area contributed by atoms with E-state index in [4.69, 9.17) is 16.3 Å². The molecule has 176 valence electrons. The van der Waals surface area contributed by atoms with Crippen molar-refractivity contribution >= 4 is 40.1 Å². The Kier molecular flexibility index (Phi) is 5.29. The van der Waals surface area contributed by atoms with Crippen LogP contribution in [0.3, 0.4) is 0 Å². The highest BCUT2D eigenvalue weighted by Crippen LogP contribution is 2.59. The number of hydrogen-bond donors (Lipinski definition) is 1. The van der Waals surface area contributed by atoms with Crippen LogP contribution in [0.2, 0.25) is 5.02 Å². The third-order valence-electron chi connectivity index (χ3n) is 7.02. The van der Waals surface area contributed by atoms with Crippen LogP contribution in [-0.2, 0) is 16.8 Å². The van der Waals surface area contributed by atoms with Crippen molar-refractivity contribution in [2.24, 2.45) is 5.92 Å². The van der Waals surface area contributed by atoms with Gasteiger partial charge in [0.25, 0.3) is 0 Å². The molecule has 1 aliphatic carbocycles. The van der Waals surface area contributed by atoms with Crippen molar-refractivity contribution in [3.63, 3.8) is 0 Å². The predicted octanol–water partition coefficient (Wildman–Crippen LogP) is 6.08. The number of nitrogens with one attached hydrogen (secondary N) is 1. The summed E-state index contributed by atoms with van der Waals surface area (Å²) >= 11 is 5.94. The summed E-state index contributed by atoms with van der Waals surface area (Å²) in [6.45, 7) is 1.54. The summed E-state index contributed by atoms with van der Waals surface area (Å²) in [4.78, 5) is 23.2. The van der Waals surface area contributed by atoms with E-state index in [-0.39, 0.29) is 28.8 Å². The fourth-order valence-electron chi connectivity index (χ4n) is 5.07. The average molecular weight is 489 g/mol. The first-order valence-corrected chi connectivity index (χ1v) is 11.8. The zero-order valence-corrected chi connectivity index (χ0v) is 19.5. The Morgan fingerprint density at radius 2 is 2.00 bits per heavy atom. The number of likely N-dealkylation sites (tertiary alicyclic amines) is 1. The van der Waals surface area contributed by atoms with Gasteiger partial charge >= 0.3 is 6.09 Å². The van der Waals surface area contributed by atoms with E-state index in [1.165, 1.54) is 12.4 Å². The van der Waals surface area contributed by atoms with Crippen molar-refractivity contribution in [2.45, 2.75) is 18.4 Å². The average Bonchev–Trinajstić information content (AvgIpc) is 3.46. The summed E-state index contributed by atoms with van der Waals surface area (Å²) in [5, 5.41) is 3.89. The van der Waals surface area contributed by atoms with Crippen LogP contribution in [0.5, 0.6) is 0 Å². The number of halogens is 2. The topological polar surface area (TPSA) is 67.3 Å². The van der Waals surface area contributed by atoms with Gasteiger partial charge < -0.3 is 15.0 Å². The summed E-state index contributed by atoms with van der Waals surface area (Å²) in [7, 11) is 0. The number of nitrogens with zero attached hydrogens (tertiary/aromatic N) is 3. The van der Waals surface area contributed by atoms with E-state index in [0.717, 1.165) is 28.5 Å². The van der Waals surface area contributed by atoms with Crippen molar-refractivity contribution in [3.8, 4) is 0 Å². The van der Waals surface area contributed by atoms with Crippen LogP contribution in [0.25, 0.3) is 10.9 Å². The molecule has 1 saturated heterocycles. The maximum absolute atomic E-state index is 14.5. The van der Waals surface area contributed by atoms with Crippen molar-refractivity contribution in [2.75, 3.05) is 18.4 Å². The minimum atomic E-state index is -0.529. The number of anilines is 2. The van der Waals surface area contributed by atoms with E-state index in [0.29, 0.717) is 24.8 Å². The van der Waals surface area contributed by atoms with Crippen molar-refractivity contribution in [1.29, 1.82) is 0 Å². The minimum absolute atomic E-state index is 0.0407. The number of ether oxygens (including phenoxy) is 1. The van der Waals surface area contributed by atoms with Gasteiger partial charge in [0, 0.05) is 23.9 Å². The lowest BCUT2D eigenvalue weighted by Gasteiger charge is -2.21. The van der Waals surface area contributed by atoms with E-state index in [9.17, 15) is 9.18 Å². The van der Waals surface area contributed by atoms with Gasteiger partial charge in [0.05, 0.1) is 16.2 Å². The molecule has 2 aliphatic rings. The van der Waals surface area contributed by atoms with Gasteiger partial charge in [0.15, 0.2) is 5.82 Å². The number of carbonyl (C=O) groups excluding carboxylic acids is 1. The number of fused-ring (bicyclic) bond motifs is 2. The number of benzene rings is 3. The van der Waals surface area contributed by atoms with Gasteiger partial charge in [-0.3, -0.25) is 0 Å². The van der Waals surface area contributed by atoms with Crippen LogP contribution in [0.1, 0.15) is 17.5 Å². The quantitative estimate of drug-likeness (QED) is 0.369. The SMILES string of the molecule is O=C(OCc1ccccc1)N1C[C@@H]2C[C@]2(c2ccc3ncnc(Nc4cccc(Cl)c4F)c3c2)C1. The normalized spacial score (nSPS) is 20.5. The summed E-state index contributed by atoms with van der Waals surface area (Å²) in [5.41, 5.74) is 2.98. The first kappa shape index (κ1) is 21.8. The van der Waals surface area contributed by atoms with E-state index in [2.05, 4.69) is 27.4 Å². The Morgan fingerprint density at radius 3 is 2.86 bits per heavy atom. The molecule has 2 heterocycles. The molecule has 1 aromatic heterocycles. The van der Waals surface area contributed by atoms with E-state index in [1.54, 1.807) is 17.0 Å². The molecule has 2 fully saturated rings. The Morgan fingerprint density at radius 1 is 1.14 bits per heavy atom. The van der Waals surface area contributed by atoms with Crippen molar-refractivity contribution < 1.29 is 13.9 Å². The lowest BCUT2D eigenvalue weighted by Crippen LogP contribution is -2.33. The van der Waals surface area contributed by atoms with E-state index >= 15 is 0 Å². The Hall–Kier alpha value is -3.71. The highest BCUT2D eigenvalue weighted by atomic mass is 35.5. The molecule has 0 unspecified atom stereocenters. The molecule has 6 rings (SSSR count). The van der Waals surface area contributed by atoms with Crippen LogP contribution in [-0.4, -0.2) is 34.1 Å². The molecule has 6 nitrogen and oxygen atoms in total.